The summed E-state index contributed by atoms with van der Waals surface area (Å²) in [7, 11) is 0. The zero-order valence-corrected chi connectivity index (χ0v) is 9.74. The van der Waals surface area contributed by atoms with Gasteiger partial charge in [0.15, 0.2) is 0 Å². The highest BCUT2D eigenvalue weighted by Gasteiger charge is 2.32. The molecular weight excluding hydrogens is 219 g/mol. The van der Waals surface area contributed by atoms with E-state index in [1.807, 2.05) is 6.92 Å². The third-order valence-electron chi connectivity index (χ3n) is 2.78. The average molecular weight is 232 g/mol. The van der Waals surface area contributed by atoms with E-state index >= 15 is 0 Å². The monoisotopic (exact) mass is 232 g/mol. The molecule has 2 rings (SSSR count). The lowest BCUT2D eigenvalue weighted by Crippen LogP contribution is -2.18. The first-order valence-corrected chi connectivity index (χ1v) is 5.44. The summed E-state index contributed by atoms with van der Waals surface area (Å²) in [6.45, 7) is 3.56. The van der Waals surface area contributed by atoms with Crippen LogP contribution in [0.15, 0.2) is 47.7 Å². The number of hydrogen-bond donors (Lipinski definition) is 0. The molecule has 0 amide bonds. The minimum absolute atomic E-state index is 0.550. The van der Waals surface area contributed by atoms with Crippen LogP contribution in [-0.4, -0.2) is 6.04 Å². The number of allylic oxidation sites excluding steroid dienone is 4. The molecule has 1 atom stereocenters. The Hall–Kier alpha value is -1.90. The van der Waals surface area contributed by atoms with Gasteiger partial charge in [0, 0.05) is 11.1 Å². The van der Waals surface area contributed by atoms with Crippen LogP contribution in [0, 0.1) is 0 Å². The molecule has 1 aliphatic rings. The van der Waals surface area contributed by atoms with Gasteiger partial charge in [0.25, 0.3) is 0 Å². The number of fused-ring (bicyclic) bond motifs is 1. The van der Waals surface area contributed by atoms with E-state index in [1.165, 1.54) is 0 Å². The molecule has 1 aromatic carbocycles. The van der Waals surface area contributed by atoms with Crippen LogP contribution in [0.2, 0.25) is 0 Å². The Morgan fingerprint density at radius 1 is 1.41 bits per heavy atom. The van der Waals surface area contributed by atoms with Gasteiger partial charge in [-0.1, -0.05) is 30.4 Å². The maximum absolute atomic E-state index is 13.3. The van der Waals surface area contributed by atoms with E-state index in [0.29, 0.717) is 22.6 Å². The Labute approximate surface area is 99.4 Å². The second-order valence-corrected chi connectivity index (χ2v) is 3.89. The largest absolute Gasteiger partial charge is 0.461 e. The van der Waals surface area contributed by atoms with Crippen molar-refractivity contribution in [2.45, 2.75) is 19.8 Å². The van der Waals surface area contributed by atoms with Gasteiger partial charge in [0.1, 0.15) is 17.4 Å². The van der Waals surface area contributed by atoms with Crippen LogP contribution in [-0.2, 0) is 4.79 Å². The second-order valence-electron chi connectivity index (χ2n) is 3.89. The van der Waals surface area contributed by atoms with Crippen molar-refractivity contribution in [1.29, 1.82) is 0 Å². The fourth-order valence-corrected chi connectivity index (χ4v) is 2.04. The highest BCUT2D eigenvalue weighted by molar-refractivity contribution is 5.83. The summed E-state index contributed by atoms with van der Waals surface area (Å²) in [5.74, 6) is 0.253. The number of carbonyl (C=O) groups is 1. The molecule has 1 heterocycles. The first-order valence-electron chi connectivity index (χ1n) is 5.44. The van der Waals surface area contributed by atoms with Crippen molar-refractivity contribution < 1.29 is 13.9 Å². The predicted octanol–water partition coefficient (Wildman–Crippen LogP) is 3.51. The van der Waals surface area contributed by atoms with E-state index in [-0.39, 0.29) is 0 Å². The fourth-order valence-electron chi connectivity index (χ4n) is 2.04. The number of para-hydroxylation sites is 1. The van der Waals surface area contributed by atoms with E-state index in [2.05, 4.69) is 0 Å². The first-order chi connectivity index (χ1) is 8.15. The number of ether oxygens (including phenoxy) is 1. The number of hydrogen-bond acceptors (Lipinski definition) is 2. The highest BCUT2D eigenvalue weighted by atomic mass is 19.1. The van der Waals surface area contributed by atoms with Crippen molar-refractivity contribution in [1.82, 2.24) is 0 Å². The summed E-state index contributed by atoms with van der Waals surface area (Å²) < 4.78 is 18.8. The van der Waals surface area contributed by atoms with Crippen molar-refractivity contribution >= 4 is 6.04 Å². The zero-order valence-electron chi connectivity index (χ0n) is 9.74. The molecule has 0 N–H and O–H groups in total. The summed E-state index contributed by atoms with van der Waals surface area (Å²) >= 11 is 0. The molecule has 0 spiro atoms. The molecule has 3 heteroatoms. The Morgan fingerprint density at radius 3 is 2.76 bits per heavy atom. The zero-order chi connectivity index (χ0) is 12.4. The first kappa shape index (κ1) is 11.6. The molecule has 0 aliphatic carbocycles. The van der Waals surface area contributed by atoms with Gasteiger partial charge in [0.2, 0.25) is 0 Å². The normalized spacial score (nSPS) is 19.1. The van der Waals surface area contributed by atoms with Gasteiger partial charge in [-0.2, -0.15) is 4.39 Å². The fraction of sp³-hybridized carbons (Fsp3) is 0.214. The molecule has 0 radical (unpaired) electrons. The third kappa shape index (κ3) is 2.00. The molecule has 0 saturated carbocycles. The number of rotatable bonds is 2. The molecule has 0 saturated heterocycles. The van der Waals surface area contributed by atoms with E-state index < -0.39 is 12.0 Å². The number of carbonyl (C=O) groups excluding carboxylic acids is 1. The molecule has 2 nitrogen and oxygen atoms in total. The summed E-state index contributed by atoms with van der Waals surface area (Å²) in [6, 6.07) is 5.67. The van der Waals surface area contributed by atoms with Gasteiger partial charge >= 0.3 is 6.04 Å². The molecule has 1 unspecified atom stereocenters. The lowest BCUT2D eigenvalue weighted by molar-refractivity contribution is -0.130. The van der Waals surface area contributed by atoms with Crippen LogP contribution in [0.25, 0.3) is 0 Å². The van der Waals surface area contributed by atoms with Crippen LogP contribution < -0.4 is 4.74 Å². The molecule has 0 bridgehead atoms. The van der Waals surface area contributed by atoms with Gasteiger partial charge in [-0.25, -0.2) is 0 Å². The Bertz CT molecular complexity index is 515. The summed E-state index contributed by atoms with van der Waals surface area (Å²) in [5, 5.41) is 0. The second kappa shape index (κ2) is 4.53. The molecule has 0 aromatic heterocycles. The Morgan fingerprint density at radius 2 is 2.12 bits per heavy atom. The van der Waals surface area contributed by atoms with Crippen molar-refractivity contribution in [3.63, 3.8) is 0 Å². The predicted molar refractivity (Wildman–Crippen MR) is 63.4 cm³/mol. The van der Waals surface area contributed by atoms with Crippen molar-refractivity contribution in [2.24, 2.45) is 0 Å². The molecule has 1 aliphatic heterocycles. The number of benzene rings is 1. The molecule has 1 aromatic rings. The highest BCUT2D eigenvalue weighted by Crippen LogP contribution is 2.40. The summed E-state index contributed by atoms with van der Waals surface area (Å²) in [6.07, 6.45) is 3.49. The third-order valence-corrected chi connectivity index (χ3v) is 2.78. The smallest absolute Gasteiger partial charge is 0.313 e. The quantitative estimate of drug-likeness (QED) is 0.729. The van der Waals surface area contributed by atoms with Gasteiger partial charge in [-0.3, -0.25) is 4.79 Å². The van der Waals surface area contributed by atoms with E-state index in [4.69, 9.17) is 4.74 Å². The van der Waals surface area contributed by atoms with Gasteiger partial charge in [-0.05, 0) is 19.9 Å². The van der Waals surface area contributed by atoms with Gasteiger partial charge in [-0.15, -0.1) is 0 Å². The standard InChI is InChI=1S/C14H13FO2/c1-3-6-10-9(2)17-12-8-5-4-7-11(12)13(10)14(15)16/h3-8,13H,1-2H3/b6-3-. The van der Waals surface area contributed by atoms with E-state index in [9.17, 15) is 9.18 Å². The van der Waals surface area contributed by atoms with Crippen molar-refractivity contribution in [2.75, 3.05) is 0 Å². The lowest BCUT2D eigenvalue weighted by atomic mass is 9.88. The molecule has 17 heavy (non-hydrogen) atoms. The van der Waals surface area contributed by atoms with Crippen LogP contribution >= 0.6 is 0 Å². The molecule has 0 fully saturated rings. The van der Waals surface area contributed by atoms with Crippen LogP contribution in [0.1, 0.15) is 25.3 Å². The Kier molecular flexibility index (Phi) is 3.09. The minimum atomic E-state index is -1.35. The van der Waals surface area contributed by atoms with Crippen molar-refractivity contribution in [3.05, 3.63) is 53.3 Å². The van der Waals surface area contributed by atoms with Crippen LogP contribution in [0.4, 0.5) is 4.39 Å². The lowest BCUT2D eigenvalue weighted by Gasteiger charge is -2.25. The van der Waals surface area contributed by atoms with Gasteiger partial charge < -0.3 is 4.74 Å². The summed E-state index contributed by atoms with van der Waals surface area (Å²) in [5.41, 5.74) is 1.16. The Balaban J connectivity index is 2.59. The number of halogens is 1. The van der Waals surface area contributed by atoms with E-state index in [0.717, 1.165) is 0 Å². The van der Waals surface area contributed by atoms with Crippen LogP contribution in [0.5, 0.6) is 5.75 Å². The molecule has 88 valence electrons. The maximum atomic E-state index is 13.3. The topological polar surface area (TPSA) is 26.3 Å². The SMILES string of the molecule is C/C=C\C1=C(C)Oc2ccccc2C1C(=O)F. The molecular formula is C14H13FO2. The van der Waals surface area contributed by atoms with Crippen molar-refractivity contribution in [3.8, 4) is 5.75 Å². The average Bonchev–Trinajstić information content (AvgIpc) is 2.29. The summed E-state index contributed by atoms with van der Waals surface area (Å²) in [4.78, 5) is 11.2. The van der Waals surface area contributed by atoms with E-state index in [1.54, 1.807) is 43.3 Å². The maximum Gasteiger partial charge on any atom is 0.313 e. The minimum Gasteiger partial charge on any atom is -0.461 e. The van der Waals surface area contributed by atoms with Crippen LogP contribution in [0.3, 0.4) is 0 Å². The van der Waals surface area contributed by atoms with Gasteiger partial charge in [0.05, 0.1) is 0 Å².